The molecular weight excluding hydrogens is 246 g/mol. The summed E-state index contributed by atoms with van der Waals surface area (Å²) in [5, 5.41) is 16.6. The van der Waals surface area contributed by atoms with Gasteiger partial charge >= 0.3 is 0 Å². The zero-order valence-electron chi connectivity index (χ0n) is 10.6. The Hall–Kier alpha value is -1.95. The van der Waals surface area contributed by atoms with Gasteiger partial charge in [-0.25, -0.2) is 4.98 Å². The number of nitrogens with one attached hydrogen (secondary N) is 1. The number of hydrogen-bond acceptors (Lipinski definition) is 5. The van der Waals surface area contributed by atoms with Gasteiger partial charge < -0.3 is 14.9 Å². The smallest absolute Gasteiger partial charge is 0.257 e. The number of aliphatic hydroxyl groups is 1. The van der Waals surface area contributed by atoms with Gasteiger partial charge in [0.15, 0.2) is 0 Å². The predicted octanol–water partition coefficient (Wildman–Crippen LogP) is 1.03. The van der Waals surface area contributed by atoms with E-state index in [0.717, 1.165) is 23.9 Å². The minimum Gasteiger partial charge on any atom is -0.393 e. The quantitative estimate of drug-likeness (QED) is 0.861. The second-order valence-corrected chi connectivity index (χ2v) is 5.05. The molecule has 6 heteroatoms. The van der Waals surface area contributed by atoms with Crippen molar-refractivity contribution >= 4 is 17.0 Å². The maximum Gasteiger partial charge on any atom is 0.257 e. The lowest BCUT2D eigenvalue weighted by atomic mass is 9.82. The molecule has 0 bridgehead atoms. The first-order valence-electron chi connectivity index (χ1n) is 6.32. The monoisotopic (exact) mass is 261 g/mol. The predicted molar refractivity (Wildman–Crippen MR) is 67.6 cm³/mol. The average molecular weight is 261 g/mol. The van der Waals surface area contributed by atoms with Crippen LogP contribution in [-0.4, -0.2) is 33.8 Å². The van der Waals surface area contributed by atoms with Gasteiger partial charge in [0.2, 0.25) is 0 Å². The molecule has 0 unspecified atom stereocenters. The first-order chi connectivity index (χ1) is 9.13. The van der Waals surface area contributed by atoms with E-state index >= 15 is 0 Å². The van der Waals surface area contributed by atoms with Gasteiger partial charge in [-0.2, -0.15) is 0 Å². The second kappa shape index (κ2) is 4.62. The van der Waals surface area contributed by atoms with Crippen LogP contribution < -0.4 is 5.32 Å². The number of hydrogen-bond donors (Lipinski definition) is 2. The highest BCUT2D eigenvalue weighted by Crippen LogP contribution is 2.26. The first-order valence-corrected chi connectivity index (χ1v) is 6.32. The molecule has 0 saturated heterocycles. The average Bonchev–Trinajstić information content (AvgIpc) is 2.74. The molecule has 2 aromatic rings. The standard InChI is InChI=1S/C13H15N3O3/c1-7-11-4-9(6-15-13(11)19-16-7)12(18)14-5-8-2-10(17)3-8/h4,6,8,10,17H,2-3,5H2,1H3,(H,14,18). The minimum absolute atomic E-state index is 0.156. The van der Waals surface area contributed by atoms with Gasteiger partial charge in [0.25, 0.3) is 11.6 Å². The number of pyridine rings is 1. The van der Waals surface area contributed by atoms with Gasteiger partial charge in [-0.15, -0.1) is 0 Å². The Bertz CT molecular complexity index is 617. The number of carbonyl (C=O) groups is 1. The van der Waals surface area contributed by atoms with Crippen molar-refractivity contribution in [1.82, 2.24) is 15.5 Å². The van der Waals surface area contributed by atoms with Crippen molar-refractivity contribution < 1.29 is 14.4 Å². The highest BCUT2D eigenvalue weighted by atomic mass is 16.5. The van der Waals surface area contributed by atoms with Crippen molar-refractivity contribution in [2.75, 3.05) is 6.54 Å². The highest BCUT2D eigenvalue weighted by Gasteiger charge is 2.27. The first kappa shape index (κ1) is 12.1. The Morgan fingerprint density at radius 2 is 2.37 bits per heavy atom. The van der Waals surface area contributed by atoms with Crippen LogP contribution in [0.4, 0.5) is 0 Å². The minimum atomic E-state index is -0.195. The molecule has 2 N–H and O–H groups in total. The lowest BCUT2D eigenvalue weighted by molar-refractivity contribution is 0.0420. The van der Waals surface area contributed by atoms with Crippen LogP contribution >= 0.6 is 0 Å². The molecule has 1 amide bonds. The fraction of sp³-hybridized carbons (Fsp3) is 0.462. The molecule has 1 aliphatic carbocycles. The largest absolute Gasteiger partial charge is 0.393 e. The van der Waals surface area contributed by atoms with Crippen LogP contribution in [0.15, 0.2) is 16.8 Å². The molecule has 6 nitrogen and oxygen atoms in total. The Balaban J connectivity index is 1.68. The lowest BCUT2D eigenvalue weighted by Gasteiger charge is -2.31. The molecule has 3 rings (SSSR count). The SMILES string of the molecule is Cc1noc2ncc(C(=O)NCC3CC(O)C3)cc12. The van der Waals surface area contributed by atoms with Crippen molar-refractivity contribution in [3.63, 3.8) is 0 Å². The summed E-state index contributed by atoms with van der Waals surface area (Å²) in [6, 6.07) is 1.74. The Morgan fingerprint density at radius 3 is 3.11 bits per heavy atom. The molecule has 0 radical (unpaired) electrons. The van der Waals surface area contributed by atoms with Crippen LogP contribution in [0.3, 0.4) is 0 Å². The molecule has 1 fully saturated rings. The Morgan fingerprint density at radius 1 is 1.58 bits per heavy atom. The Labute approximate surface area is 109 Å². The summed E-state index contributed by atoms with van der Waals surface area (Å²) in [5.41, 5.74) is 1.66. The number of nitrogens with zero attached hydrogens (tertiary/aromatic N) is 2. The summed E-state index contributed by atoms with van der Waals surface area (Å²) in [5.74, 6) is 0.226. The van der Waals surface area contributed by atoms with Crippen LogP contribution in [0.2, 0.25) is 0 Å². The summed E-state index contributed by atoms with van der Waals surface area (Å²) < 4.78 is 5.00. The Kier molecular flexibility index (Phi) is 2.94. The molecule has 1 saturated carbocycles. The lowest BCUT2D eigenvalue weighted by Crippen LogP contribution is -2.38. The maximum absolute atomic E-state index is 12.0. The third kappa shape index (κ3) is 2.31. The van der Waals surface area contributed by atoms with Crippen LogP contribution in [0.25, 0.3) is 11.1 Å². The van der Waals surface area contributed by atoms with E-state index in [-0.39, 0.29) is 12.0 Å². The molecule has 0 aliphatic heterocycles. The van der Waals surface area contributed by atoms with Crippen LogP contribution in [-0.2, 0) is 0 Å². The number of aromatic nitrogens is 2. The van der Waals surface area contributed by atoms with E-state index < -0.39 is 0 Å². The van der Waals surface area contributed by atoms with Crippen LogP contribution in [0, 0.1) is 12.8 Å². The second-order valence-electron chi connectivity index (χ2n) is 5.05. The molecule has 2 aromatic heterocycles. The van der Waals surface area contributed by atoms with Gasteiger partial charge in [-0.1, -0.05) is 5.16 Å². The van der Waals surface area contributed by atoms with E-state index in [9.17, 15) is 9.90 Å². The zero-order valence-corrected chi connectivity index (χ0v) is 10.6. The fourth-order valence-corrected chi connectivity index (χ4v) is 2.28. The number of aryl methyl sites for hydroxylation is 1. The number of rotatable bonds is 3. The number of aliphatic hydroxyl groups excluding tert-OH is 1. The topological polar surface area (TPSA) is 88.2 Å². The van der Waals surface area contributed by atoms with Crippen molar-refractivity contribution in [2.24, 2.45) is 5.92 Å². The zero-order chi connectivity index (χ0) is 13.4. The molecule has 1 aliphatic rings. The van der Waals surface area contributed by atoms with Gasteiger partial charge in [-0.3, -0.25) is 4.79 Å². The molecule has 19 heavy (non-hydrogen) atoms. The van der Waals surface area contributed by atoms with Gasteiger partial charge in [-0.05, 0) is 31.7 Å². The summed E-state index contributed by atoms with van der Waals surface area (Å²) in [7, 11) is 0. The van der Waals surface area contributed by atoms with Gasteiger partial charge in [0.05, 0.1) is 22.7 Å². The molecule has 0 aromatic carbocycles. The molecule has 100 valence electrons. The molecule has 2 heterocycles. The maximum atomic E-state index is 12.0. The van der Waals surface area contributed by atoms with Gasteiger partial charge in [0.1, 0.15) is 0 Å². The summed E-state index contributed by atoms with van der Waals surface area (Å²) >= 11 is 0. The van der Waals surface area contributed by atoms with Crippen LogP contribution in [0.5, 0.6) is 0 Å². The van der Waals surface area contributed by atoms with E-state index in [1.807, 2.05) is 6.92 Å². The van der Waals surface area contributed by atoms with E-state index in [4.69, 9.17) is 4.52 Å². The highest BCUT2D eigenvalue weighted by molar-refractivity contribution is 5.96. The number of amides is 1. The third-order valence-corrected chi connectivity index (χ3v) is 3.53. The van der Waals surface area contributed by atoms with Crippen molar-refractivity contribution in [2.45, 2.75) is 25.9 Å². The summed E-state index contributed by atoms with van der Waals surface area (Å²) in [4.78, 5) is 16.0. The molecular formula is C13H15N3O3. The molecule has 0 spiro atoms. The third-order valence-electron chi connectivity index (χ3n) is 3.53. The number of fused-ring (bicyclic) bond motifs is 1. The normalized spacial score (nSPS) is 22.2. The summed E-state index contributed by atoms with van der Waals surface area (Å²) in [6.45, 7) is 2.40. The van der Waals surface area contributed by atoms with E-state index in [0.29, 0.717) is 23.7 Å². The molecule has 0 atom stereocenters. The van der Waals surface area contributed by atoms with Crippen LogP contribution in [0.1, 0.15) is 28.9 Å². The van der Waals surface area contributed by atoms with E-state index in [2.05, 4.69) is 15.5 Å². The van der Waals surface area contributed by atoms with Crippen molar-refractivity contribution in [3.05, 3.63) is 23.5 Å². The van der Waals surface area contributed by atoms with E-state index in [1.165, 1.54) is 6.20 Å². The van der Waals surface area contributed by atoms with E-state index in [1.54, 1.807) is 6.07 Å². The van der Waals surface area contributed by atoms with Crippen molar-refractivity contribution in [3.8, 4) is 0 Å². The number of carbonyl (C=O) groups excluding carboxylic acids is 1. The fourth-order valence-electron chi connectivity index (χ4n) is 2.28. The van der Waals surface area contributed by atoms with Crippen molar-refractivity contribution in [1.29, 1.82) is 0 Å². The van der Waals surface area contributed by atoms with Gasteiger partial charge in [0, 0.05) is 12.7 Å². The summed E-state index contributed by atoms with van der Waals surface area (Å²) in [6.07, 6.45) is 2.82.